The fourth-order valence-electron chi connectivity index (χ4n) is 2.37. The molecule has 1 fully saturated rings. The van der Waals surface area contributed by atoms with Gasteiger partial charge in [-0.15, -0.1) is 11.6 Å². The Labute approximate surface area is 102 Å². The van der Waals surface area contributed by atoms with Crippen LogP contribution < -0.4 is 0 Å². The molecule has 1 N–H and O–H groups in total. The zero-order chi connectivity index (χ0) is 11.7. The molecule has 2 heterocycles. The second kappa shape index (κ2) is 4.64. The Balaban J connectivity index is 2.20. The van der Waals surface area contributed by atoms with Gasteiger partial charge in [-0.05, 0) is 45.0 Å². The van der Waals surface area contributed by atoms with E-state index in [0.717, 1.165) is 19.5 Å². The lowest BCUT2D eigenvalue weighted by molar-refractivity contribution is 0.327. The molecule has 0 amide bonds. The Hall–Kier alpha value is -0.730. The lowest BCUT2D eigenvalue weighted by atomic mass is 10.0. The third-order valence-corrected chi connectivity index (χ3v) is 3.30. The van der Waals surface area contributed by atoms with Crippen molar-refractivity contribution in [2.75, 3.05) is 20.1 Å². The van der Waals surface area contributed by atoms with Crippen molar-refractivity contribution >= 4 is 17.7 Å². The Morgan fingerprint density at radius 3 is 2.81 bits per heavy atom. The van der Waals surface area contributed by atoms with Gasteiger partial charge in [-0.25, -0.2) is 0 Å². The molecule has 1 aliphatic rings. The van der Waals surface area contributed by atoms with Crippen LogP contribution in [0.15, 0.2) is 11.6 Å². The van der Waals surface area contributed by atoms with Gasteiger partial charge in [0.25, 0.3) is 0 Å². The van der Waals surface area contributed by atoms with Crippen LogP contribution in [0.25, 0.3) is 6.08 Å². The van der Waals surface area contributed by atoms with Gasteiger partial charge in [0.1, 0.15) is 0 Å². The van der Waals surface area contributed by atoms with Crippen LogP contribution in [-0.4, -0.2) is 35.4 Å². The molecule has 1 saturated heterocycles. The molecule has 3 heteroatoms. The molecule has 2 rings (SSSR count). The maximum absolute atomic E-state index is 6.22. The molecule has 1 atom stereocenters. The number of likely N-dealkylation sites (tertiary alicyclic amines) is 1. The fraction of sp³-hybridized carbons (Fsp3) is 0.538. The number of H-pyrrole nitrogens is 1. The van der Waals surface area contributed by atoms with Gasteiger partial charge in [-0.2, -0.15) is 0 Å². The first kappa shape index (κ1) is 11.7. The van der Waals surface area contributed by atoms with Gasteiger partial charge in [0.15, 0.2) is 0 Å². The molecule has 0 bridgehead atoms. The summed E-state index contributed by atoms with van der Waals surface area (Å²) < 4.78 is 0. The SMILES string of the molecule is Cc1cc(C)c(C=C2CC(Cl)CN(C)C2)[nH]1. The third kappa shape index (κ3) is 2.69. The van der Waals surface area contributed by atoms with Crippen molar-refractivity contribution in [3.05, 3.63) is 28.6 Å². The molecule has 88 valence electrons. The highest BCUT2D eigenvalue weighted by Crippen LogP contribution is 2.22. The van der Waals surface area contributed by atoms with E-state index in [1.54, 1.807) is 0 Å². The summed E-state index contributed by atoms with van der Waals surface area (Å²) in [5, 5.41) is 0.251. The van der Waals surface area contributed by atoms with E-state index in [4.69, 9.17) is 11.6 Å². The zero-order valence-electron chi connectivity index (χ0n) is 10.2. The molecule has 1 aliphatic heterocycles. The van der Waals surface area contributed by atoms with Crippen LogP contribution in [0.5, 0.6) is 0 Å². The smallest absolute Gasteiger partial charge is 0.0500 e. The number of hydrogen-bond donors (Lipinski definition) is 1. The number of piperidine rings is 1. The summed E-state index contributed by atoms with van der Waals surface area (Å²) in [5.74, 6) is 0. The summed E-state index contributed by atoms with van der Waals surface area (Å²) in [7, 11) is 2.12. The van der Waals surface area contributed by atoms with Crippen molar-refractivity contribution in [3.63, 3.8) is 0 Å². The molecule has 1 aromatic heterocycles. The van der Waals surface area contributed by atoms with Crippen LogP contribution in [0.4, 0.5) is 0 Å². The van der Waals surface area contributed by atoms with Crippen LogP contribution in [0, 0.1) is 13.8 Å². The van der Waals surface area contributed by atoms with Gasteiger partial charge in [-0.1, -0.05) is 5.57 Å². The van der Waals surface area contributed by atoms with Crippen molar-refractivity contribution < 1.29 is 0 Å². The Morgan fingerprint density at radius 1 is 1.50 bits per heavy atom. The van der Waals surface area contributed by atoms with E-state index in [1.807, 2.05) is 0 Å². The highest BCUT2D eigenvalue weighted by atomic mass is 35.5. The normalized spacial score (nSPS) is 25.2. The predicted octanol–water partition coefficient (Wildman–Crippen LogP) is 2.96. The summed E-state index contributed by atoms with van der Waals surface area (Å²) >= 11 is 6.22. The van der Waals surface area contributed by atoms with Gasteiger partial charge < -0.3 is 9.88 Å². The molecule has 0 radical (unpaired) electrons. The number of alkyl halides is 1. The second-order valence-electron chi connectivity index (χ2n) is 4.85. The average Bonchev–Trinajstić information content (AvgIpc) is 2.43. The minimum atomic E-state index is 0.251. The van der Waals surface area contributed by atoms with Crippen molar-refractivity contribution in [1.82, 2.24) is 9.88 Å². The molecule has 0 saturated carbocycles. The summed E-state index contributed by atoms with van der Waals surface area (Å²) in [6.07, 6.45) is 3.26. The molecule has 16 heavy (non-hydrogen) atoms. The highest BCUT2D eigenvalue weighted by Gasteiger charge is 2.18. The first-order valence-corrected chi connectivity index (χ1v) is 6.16. The van der Waals surface area contributed by atoms with Gasteiger partial charge in [-0.3, -0.25) is 0 Å². The van der Waals surface area contributed by atoms with E-state index in [2.05, 4.69) is 42.9 Å². The number of likely N-dealkylation sites (N-methyl/N-ethyl adjacent to an activating group) is 1. The maximum atomic E-state index is 6.22. The summed E-state index contributed by atoms with van der Waals surface area (Å²) in [6, 6.07) is 2.18. The van der Waals surface area contributed by atoms with Gasteiger partial charge in [0.2, 0.25) is 0 Å². The van der Waals surface area contributed by atoms with Crippen LogP contribution in [-0.2, 0) is 0 Å². The number of aromatic nitrogens is 1. The maximum Gasteiger partial charge on any atom is 0.0500 e. The molecule has 0 spiro atoms. The van der Waals surface area contributed by atoms with E-state index >= 15 is 0 Å². The van der Waals surface area contributed by atoms with Gasteiger partial charge >= 0.3 is 0 Å². The molecule has 0 aliphatic carbocycles. The number of rotatable bonds is 1. The van der Waals surface area contributed by atoms with E-state index in [1.165, 1.54) is 22.5 Å². The highest BCUT2D eigenvalue weighted by molar-refractivity contribution is 6.21. The van der Waals surface area contributed by atoms with Crippen LogP contribution in [0.2, 0.25) is 0 Å². The largest absolute Gasteiger partial charge is 0.359 e. The molecular formula is C13H19ClN2. The van der Waals surface area contributed by atoms with Gasteiger partial charge in [0.05, 0.1) is 5.38 Å². The van der Waals surface area contributed by atoms with Crippen molar-refractivity contribution in [3.8, 4) is 0 Å². The second-order valence-corrected chi connectivity index (χ2v) is 5.47. The lowest BCUT2D eigenvalue weighted by Gasteiger charge is -2.28. The van der Waals surface area contributed by atoms with Crippen molar-refractivity contribution in [1.29, 1.82) is 0 Å². The minimum absolute atomic E-state index is 0.251. The van der Waals surface area contributed by atoms with E-state index in [9.17, 15) is 0 Å². The number of nitrogens with one attached hydrogen (secondary N) is 1. The quantitative estimate of drug-likeness (QED) is 0.746. The molecule has 1 unspecified atom stereocenters. The number of nitrogens with zero attached hydrogens (tertiary/aromatic N) is 1. The number of hydrogen-bond acceptors (Lipinski definition) is 1. The van der Waals surface area contributed by atoms with Crippen LogP contribution in [0.3, 0.4) is 0 Å². The van der Waals surface area contributed by atoms with Crippen LogP contribution in [0.1, 0.15) is 23.4 Å². The van der Waals surface area contributed by atoms with E-state index in [0.29, 0.717) is 0 Å². The summed E-state index contributed by atoms with van der Waals surface area (Å²) in [4.78, 5) is 5.66. The molecular weight excluding hydrogens is 220 g/mol. The van der Waals surface area contributed by atoms with Crippen molar-refractivity contribution in [2.45, 2.75) is 25.6 Å². The fourth-order valence-corrected chi connectivity index (χ4v) is 2.81. The molecule has 2 nitrogen and oxygen atoms in total. The minimum Gasteiger partial charge on any atom is -0.359 e. The number of aromatic amines is 1. The summed E-state index contributed by atoms with van der Waals surface area (Å²) in [6.45, 7) is 6.25. The van der Waals surface area contributed by atoms with Crippen LogP contribution >= 0.6 is 11.6 Å². The number of halogens is 1. The topological polar surface area (TPSA) is 19.0 Å². The van der Waals surface area contributed by atoms with Crippen molar-refractivity contribution in [2.24, 2.45) is 0 Å². The van der Waals surface area contributed by atoms with E-state index < -0.39 is 0 Å². The Bertz CT molecular complexity index is 394. The third-order valence-electron chi connectivity index (χ3n) is 3.00. The summed E-state index contributed by atoms with van der Waals surface area (Å²) in [5.41, 5.74) is 5.17. The standard InChI is InChI=1S/C13H19ClN2/c1-9-4-10(2)15-13(9)6-11-5-12(14)8-16(3)7-11/h4,6,12,15H,5,7-8H2,1-3H3. The Kier molecular flexibility index (Phi) is 3.41. The first-order chi connectivity index (χ1) is 7.54. The van der Waals surface area contributed by atoms with E-state index in [-0.39, 0.29) is 5.38 Å². The number of aryl methyl sites for hydroxylation is 2. The zero-order valence-corrected chi connectivity index (χ0v) is 10.9. The van der Waals surface area contributed by atoms with Gasteiger partial charge in [0, 0.05) is 24.5 Å². The average molecular weight is 239 g/mol. The molecule has 0 aromatic carbocycles. The predicted molar refractivity (Wildman–Crippen MR) is 70.0 cm³/mol. The monoisotopic (exact) mass is 238 g/mol. The lowest BCUT2D eigenvalue weighted by Crippen LogP contribution is -2.34. The molecule has 1 aromatic rings. The Morgan fingerprint density at radius 2 is 2.25 bits per heavy atom. The first-order valence-electron chi connectivity index (χ1n) is 5.73.